The zero-order chi connectivity index (χ0) is 11.7. The zero-order valence-corrected chi connectivity index (χ0v) is 10.5. The number of nitrogens with zero attached hydrogens (tertiary/aromatic N) is 2. The molecule has 1 aliphatic rings. The third kappa shape index (κ3) is 2.29. The smallest absolute Gasteiger partial charge is 0.147 e. The van der Waals surface area contributed by atoms with Gasteiger partial charge in [0.1, 0.15) is 10.2 Å². The van der Waals surface area contributed by atoms with Gasteiger partial charge in [0.05, 0.1) is 25.6 Å². The summed E-state index contributed by atoms with van der Waals surface area (Å²) in [6.07, 6.45) is 3.24. The lowest BCUT2D eigenvalue weighted by atomic mass is 10.1. The van der Waals surface area contributed by atoms with Gasteiger partial charge in [-0.2, -0.15) is 0 Å². The van der Waals surface area contributed by atoms with Crippen LogP contribution in [0, 0.1) is 0 Å². The van der Waals surface area contributed by atoms with E-state index in [1.54, 1.807) is 24.2 Å². The van der Waals surface area contributed by atoms with Crippen LogP contribution in [0.1, 0.15) is 11.1 Å². The number of hydrogen-bond acceptors (Lipinski definition) is 4. The first-order valence-electron chi connectivity index (χ1n) is 5.17. The minimum atomic E-state index is 0.413. The third-order valence-corrected chi connectivity index (χ3v) is 3.76. The van der Waals surface area contributed by atoms with E-state index in [-0.39, 0.29) is 0 Å². The van der Waals surface area contributed by atoms with Gasteiger partial charge in [0, 0.05) is 4.90 Å². The maximum absolute atomic E-state index is 5.71. The summed E-state index contributed by atoms with van der Waals surface area (Å²) in [7, 11) is 0. The topological polar surface area (TPSA) is 35.0 Å². The molecule has 2 heterocycles. The normalized spacial score (nSPS) is 13.7. The first kappa shape index (κ1) is 11.0. The van der Waals surface area contributed by atoms with Gasteiger partial charge >= 0.3 is 0 Å². The molecule has 0 fully saturated rings. The average molecular weight is 265 g/mol. The predicted molar refractivity (Wildman–Crippen MR) is 66.1 cm³/mol. The first-order chi connectivity index (χ1) is 8.33. The molecule has 0 atom stereocenters. The Labute approximate surface area is 108 Å². The van der Waals surface area contributed by atoms with Crippen LogP contribution < -0.4 is 0 Å². The lowest BCUT2D eigenvalue weighted by Gasteiger charge is -2.05. The van der Waals surface area contributed by atoms with Crippen LogP contribution in [0.15, 0.2) is 40.5 Å². The number of rotatable bonds is 2. The Hall–Kier alpha value is -1.10. The van der Waals surface area contributed by atoms with E-state index in [0.717, 1.165) is 5.03 Å². The van der Waals surface area contributed by atoms with E-state index < -0.39 is 0 Å². The highest BCUT2D eigenvalue weighted by Crippen LogP contribution is 2.34. The van der Waals surface area contributed by atoms with E-state index in [9.17, 15) is 0 Å². The van der Waals surface area contributed by atoms with Crippen LogP contribution in [0.3, 0.4) is 0 Å². The van der Waals surface area contributed by atoms with Crippen LogP contribution in [-0.2, 0) is 18.0 Å². The van der Waals surface area contributed by atoms with Crippen LogP contribution in [-0.4, -0.2) is 9.97 Å². The highest BCUT2D eigenvalue weighted by molar-refractivity contribution is 7.99. The molecule has 0 N–H and O–H groups in total. The molecule has 3 rings (SSSR count). The summed E-state index contributed by atoms with van der Waals surface area (Å²) in [6.45, 7) is 1.38. The highest BCUT2D eigenvalue weighted by Gasteiger charge is 2.15. The summed E-state index contributed by atoms with van der Waals surface area (Å²) >= 11 is 7.29. The van der Waals surface area contributed by atoms with Crippen molar-refractivity contribution in [3.8, 4) is 0 Å². The van der Waals surface area contributed by atoms with Crippen LogP contribution in [0.25, 0.3) is 0 Å². The SMILES string of the molecule is Clc1cnc(Sc2cccc3c2COC3)cn1. The largest absolute Gasteiger partial charge is 0.372 e. The zero-order valence-electron chi connectivity index (χ0n) is 8.89. The summed E-state index contributed by atoms with van der Waals surface area (Å²) in [5.74, 6) is 0. The minimum Gasteiger partial charge on any atom is -0.372 e. The molecule has 17 heavy (non-hydrogen) atoms. The van der Waals surface area contributed by atoms with Crippen LogP contribution >= 0.6 is 23.4 Å². The molecule has 1 aliphatic heterocycles. The van der Waals surface area contributed by atoms with Gasteiger partial charge < -0.3 is 4.74 Å². The number of ether oxygens (including phenoxy) is 1. The second-order valence-corrected chi connectivity index (χ2v) is 5.12. The molecule has 0 amide bonds. The molecule has 86 valence electrons. The van der Waals surface area contributed by atoms with Crippen molar-refractivity contribution in [3.63, 3.8) is 0 Å². The fraction of sp³-hybridized carbons (Fsp3) is 0.167. The Kier molecular flexibility index (Phi) is 3.01. The summed E-state index contributed by atoms with van der Waals surface area (Å²) < 4.78 is 5.44. The molecule has 3 nitrogen and oxygen atoms in total. The Morgan fingerprint density at radius 1 is 1.18 bits per heavy atom. The molecule has 5 heteroatoms. The quantitative estimate of drug-likeness (QED) is 0.834. The van der Waals surface area contributed by atoms with Gasteiger partial charge in [-0.25, -0.2) is 9.97 Å². The van der Waals surface area contributed by atoms with Crippen molar-refractivity contribution in [2.75, 3.05) is 0 Å². The van der Waals surface area contributed by atoms with Crippen LogP contribution in [0.5, 0.6) is 0 Å². The van der Waals surface area contributed by atoms with Crippen molar-refractivity contribution in [3.05, 3.63) is 46.9 Å². The van der Waals surface area contributed by atoms with Crippen molar-refractivity contribution in [1.29, 1.82) is 0 Å². The number of benzene rings is 1. The molecule has 0 unspecified atom stereocenters. The van der Waals surface area contributed by atoms with Crippen molar-refractivity contribution < 1.29 is 4.74 Å². The second-order valence-electron chi connectivity index (χ2n) is 3.67. The highest BCUT2D eigenvalue weighted by atomic mass is 35.5. The molecule has 0 saturated carbocycles. The second kappa shape index (κ2) is 4.64. The van der Waals surface area contributed by atoms with Gasteiger partial charge in [-0.3, -0.25) is 0 Å². The van der Waals surface area contributed by atoms with E-state index in [0.29, 0.717) is 18.4 Å². The Morgan fingerprint density at radius 2 is 2.12 bits per heavy atom. The lowest BCUT2D eigenvalue weighted by Crippen LogP contribution is -1.88. The van der Waals surface area contributed by atoms with E-state index in [2.05, 4.69) is 22.1 Å². The summed E-state index contributed by atoms with van der Waals surface area (Å²) in [5, 5.41) is 1.26. The van der Waals surface area contributed by atoms with E-state index in [1.165, 1.54) is 16.0 Å². The Morgan fingerprint density at radius 3 is 2.94 bits per heavy atom. The van der Waals surface area contributed by atoms with E-state index in [1.807, 2.05) is 6.07 Å². The summed E-state index contributed by atoms with van der Waals surface area (Å²) in [5.41, 5.74) is 2.52. The number of halogens is 1. The molecular weight excluding hydrogens is 256 g/mol. The van der Waals surface area contributed by atoms with E-state index >= 15 is 0 Å². The molecule has 0 radical (unpaired) electrons. The van der Waals surface area contributed by atoms with Crippen LogP contribution in [0.2, 0.25) is 5.15 Å². The number of hydrogen-bond donors (Lipinski definition) is 0. The van der Waals surface area contributed by atoms with Crippen LogP contribution in [0.4, 0.5) is 0 Å². The van der Waals surface area contributed by atoms with Gasteiger partial charge in [-0.1, -0.05) is 35.5 Å². The average Bonchev–Trinajstić information content (AvgIpc) is 2.81. The van der Waals surface area contributed by atoms with E-state index in [4.69, 9.17) is 16.3 Å². The minimum absolute atomic E-state index is 0.413. The van der Waals surface area contributed by atoms with Gasteiger partial charge in [0.15, 0.2) is 0 Å². The maximum atomic E-state index is 5.71. The molecular formula is C12H9ClN2OS. The number of fused-ring (bicyclic) bond motifs is 1. The Balaban J connectivity index is 1.91. The fourth-order valence-electron chi connectivity index (χ4n) is 1.73. The van der Waals surface area contributed by atoms with Gasteiger partial charge in [-0.05, 0) is 17.2 Å². The predicted octanol–water partition coefficient (Wildman–Crippen LogP) is 3.31. The van der Waals surface area contributed by atoms with Gasteiger partial charge in [-0.15, -0.1) is 0 Å². The monoisotopic (exact) mass is 264 g/mol. The third-order valence-electron chi connectivity index (χ3n) is 2.55. The molecule has 2 aromatic rings. The molecule has 1 aromatic heterocycles. The van der Waals surface area contributed by atoms with Gasteiger partial charge in [0.2, 0.25) is 0 Å². The molecule has 0 bridgehead atoms. The first-order valence-corrected chi connectivity index (χ1v) is 6.36. The van der Waals surface area contributed by atoms with Crippen molar-refractivity contribution in [1.82, 2.24) is 9.97 Å². The molecule has 0 spiro atoms. The molecule has 1 aromatic carbocycles. The summed E-state index contributed by atoms with van der Waals surface area (Å²) in [6, 6.07) is 6.22. The maximum Gasteiger partial charge on any atom is 0.147 e. The molecule has 0 saturated heterocycles. The standard InChI is InChI=1S/C12H9ClN2OS/c13-11-4-15-12(5-14-11)17-10-3-1-2-8-6-16-7-9(8)10/h1-5H,6-7H2. The fourth-order valence-corrected chi connectivity index (χ4v) is 2.73. The molecule has 0 aliphatic carbocycles. The number of aromatic nitrogens is 2. The Bertz CT molecular complexity index is 545. The van der Waals surface area contributed by atoms with Gasteiger partial charge in [0.25, 0.3) is 0 Å². The lowest BCUT2D eigenvalue weighted by molar-refractivity contribution is 0.133. The summed E-state index contributed by atoms with van der Waals surface area (Å²) in [4.78, 5) is 9.42. The van der Waals surface area contributed by atoms with Crippen molar-refractivity contribution >= 4 is 23.4 Å². The van der Waals surface area contributed by atoms with Crippen molar-refractivity contribution in [2.45, 2.75) is 23.1 Å². The van der Waals surface area contributed by atoms with Crippen molar-refractivity contribution in [2.24, 2.45) is 0 Å².